The van der Waals surface area contributed by atoms with Gasteiger partial charge in [0.2, 0.25) is 5.88 Å². The zero-order chi connectivity index (χ0) is 21.3. The highest BCUT2D eigenvalue weighted by atomic mass is 19.1. The molecule has 0 spiro atoms. The van der Waals surface area contributed by atoms with Crippen molar-refractivity contribution in [1.82, 2.24) is 14.8 Å². The van der Waals surface area contributed by atoms with E-state index in [1.54, 1.807) is 17.7 Å². The molecule has 2 aromatic carbocycles. The van der Waals surface area contributed by atoms with Gasteiger partial charge >= 0.3 is 0 Å². The Balaban J connectivity index is 1.61. The Morgan fingerprint density at radius 1 is 1.10 bits per heavy atom. The summed E-state index contributed by atoms with van der Waals surface area (Å²) in [4.78, 5) is 17.1. The monoisotopic (exact) mass is 404 g/mol. The summed E-state index contributed by atoms with van der Waals surface area (Å²) in [5.74, 6) is -0.386. The second-order valence-electron chi connectivity index (χ2n) is 7.06. The predicted molar refractivity (Wildman–Crippen MR) is 113 cm³/mol. The minimum Gasteiger partial charge on any atom is -0.464 e. The van der Waals surface area contributed by atoms with Crippen molar-refractivity contribution < 1.29 is 13.9 Å². The Bertz CT molecular complexity index is 1200. The lowest BCUT2D eigenvalue weighted by Gasteiger charge is -2.15. The number of anilines is 1. The second kappa shape index (κ2) is 7.94. The Labute approximate surface area is 173 Å². The molecule has 1 atom stereocenters. The number of carbonyl (C=O) groups excluding carboxylic acids is 1. The minimum absolute atomic E-state index is 0.332. The normalized spacial score (nSPS) is 12.0. The van der Waals surface area contributed by atoms with Crippen molar-refractivity contribution in [2.45, 2.75) is 26.9 Å². The van der Waals surface area contributed by atoms with Crippen LogP contribution in [0.25, 0.3) is 16.7 Å². The number of nitrogens with zero attached hydrogens (tertiary/aromatic N) is 3. The van der Waals surface area contributed by atoms with Gasteiger partial charge in [0.05, 0.1) is 11.4 Å². The molecule has 1 N–H and O–H groups in total. The molecule has 2 aromatic heterocycles. The van der Waals surface area contributed by atoms with Crippen molar-refractivity contribution >= 4 is 22.6 Å². The van der Waals surface area contributed by atoms with Crippen LogP contribution in [0.15, 0.2) is 60.7 Å². The fourth-order valence-electron chi connectivity index (χ4n) is 3.30. The Morgan fingerprint density at radius 3 is 2.50 bits per heavy atom. The number of halogens is 1. The lowest BCUT2D eigenvalue weighted by Crippen LogP contribution is -2.30. The van der Waals surface area contributed by atoms with E-state index in [1.165, 1.54) is 24.3 Å². The van der Waals surface area contributed by atoms with Gasteiger partial charge in [-0.1, -0.05) is 18.2 Å². The Kier molecular flexibility index (Phi) is 5.18. The maximum Gasteiger partial charge on any atom is 0.265 e. The molecule has 0 aliphatic rings. The first kappa shape index (κ1) is 19.6. The van der Waals surface area contributed by atoms with Gasteiger partial charge in [-0.15, -0.1) is 0 Å². The average Bonchev–Trinajstić information content (AvgIpc) is 3.07. The molecule has 0 radical (unpaired) electrons. The van der Waals surface area contributed by atoms with Crippen LogP contribution in [0.4, 0.5) is 10.1 Å². The van der Waals surface area contributed by atoms with Crippen LogP contribution in [0, 0.1) is 19.7 Å². The first-order chi connectivity index (χ1) is 14.4. The number of hydrogen-bond donors (Lipinski definition) is 1. The van der Waals surface area contributed by atoms with Gasteiger partial charge in [0.1, 0.15) is 5.82 Å². The molecule has 6 nitrogen and oxygen atoms in total. The van der Waals surface area contributed by atoms with E-state index in [2.05, 4.69) is 15.4 Å². The van der Waals surface area contributed by atoms with E-state index in [0.29, 0.717) is 17.2 Å². The fourth-order valence-corrected chi connectivity index (χ4v) is 3.30. The van der Waals surface area contributed by atoms with Gasteiger partial charge in [-0.3, -0.25) is 4.79 Å². The fraction of sp³-hybridized carbons (Fsp3) is 0.174. The van der Waals surface area contributed by atoms with Gasteiger partial charge < -0.3 is 10.1 Å². The average molecular weight is 404 g/mol. The summed E-state index contributed by atoms with van der Waals surface area (Å²) in [6.07, 6.45) is -0.798. The number of para-hydroxylation sites is 1. The van der Waals surface area contributed by atoms with E-state index < -0.39 is 6.10 Å². The van der Waals surface area contributed by atoms with Gasteiger partial charge in [0.25, 0.3) is 5.91 Å². The quantitative estimate of drug-likeness (QED) is 0.529. The number of aromatic nitrogens is 3. The first-order valence-electron chi connectivity index (χ1n) is 9.58. The summed E-state index contributed by atoms with van der Waals surface area (Å²) < 4.78 is 20.6. The molecule has 0 fully saturated rings. The smallest absolute Gasteiger partial charge is 0.265 e. The van der Waals surface area contributed by atoms with Crippen molar-refractivity contribution in [3.63, 3.8) is 0 Å². The van der Waals surface area contributed by atoms with Gasteiger partial charge in [-0.2, -0.15) is 10.1 Å². The van der Waals surface area contributed by atoms with E-state index in [4.69, 9.17) is 4.74 Å². The highest BCUT2D eigenvalue weighted by Gasteiger charge is 2.19. The number of fused-ring (bicyclic) bond motifs is 1. The van der Waals surface area contributed by atoms with Crippen LogP contribution in [0.1, 0.15) is 18.2 Å². The number of hydrogen-bond acceptors (Lipinski definition) is 4. The Morgan fingerprint density at radius 2 is 1.80 bits per heavy atom. The number of amides is 1. The van der Waals surface area contributed by atoms with Crippen LogP contribution in [0.2, 0.25) is 0 Å². The third kappa shape index (κ3) is 3.87. The van der Waals surface area contributed by atoms with E-state index in [0.717, 1.165) is 22.3 Å². The van der Waals surface area contributed by atoms with Crippen molar-refractivity contribution in [2.75, 3.05) is 5.32 Å². The summed E-state index contributed by atoms with van der Waals surface area (Å²) in [7, 11) is 0. The van der Waals surface area contributed by atoms with Gasteiger partial charge in [0, 0.05) is 17.1 Å². The molecule has 0 aliphatic heterocycles. The van der Waals surface area contributed by atoms with Gasteiger partial charge in [0.15, 0.2) is 11.8 Å². The first-order valence-corrected chi connectivity index (χ1v) is 9.58. The molecule has 0 saturated carbocycles. The van der Waals surface area contributed by atoms with Crippen LogP contribution in [0.3, 0.4) is 0 Å². The minimum atomic E-state index is -0.798. The third-order valence-electron chi connectivity index (χ3n) is 4.77. The van der Waals surface area contributed by atoms with Crippen LogP contribution in [-0.4, -0.2) is 26.8 Å². The number of ether oxygens (including phenoxy) is 1. The SMILES string of the molecule is Cc1cc(O[C@H](C)C(=O)Nc2ccc(F)cc2)nc2c1c(C)nn2-c1ccccc1. The molecular weight excluding hydrogens is 383 g/mol. The number of nitrogens with one attached hydrogen (secondary N) is 1. The molecular formula is C23H21FN4O2. The summed E-state index contributed by atoms with van der Waals surface area (Å²) in [5, 5.41) is 8.29. The van der Waals surface area contributed by atoms with E-state index in [9.17, 15) is 9.18 Å². The molecule has 1 amide bonds. The summed E-state index contributed by atoms with van der Waals surface area (Å²) in [6, 6.07) is 17.1. The lowest BCUT2D eigenvalue weighted by molar-refractivity contribution is -0.122. The molecule has 0 saturated heterocycles. The van der Waals surface area contributed by atoms with Crippen LogP contribution in [0.5, 0.6) is 5.88 Å². The van der Waals surface area contributed by atoms with Crippen molar-refractivity contribution in [1.29, 1.82) is 0 Å². The summed E-state index contributed by atoms with van der Waals surface area (Å²) in [5.41, 5.74) is 3.88. The highest BCUT2D eigenvalue weighted by Crippen LogP contribution is 2.27. The highest BCUT2D eigenvalue weighted by molar-refractivity contribution is 5.94. The molecule has 152 valence electrons. The Hall–Kier alpha value is -3.74. The lowest BCUT2D eigenvalue weighted by atomic mass is 10.1. The van der Waals surface area contributed by atoms with Crippen LogP contribution >= 0.6 is 0 Å². The van der Waals surface area contributed by atoms with Gasteiger partial charge in [-0.25, -0.2) is 9.07 Å². The topological polar surface area (TPSA) is 69.0 Å². The van der Waals surface area contributed by atoms with Crippen LogP contribution in [-0.2, 0) is 4.79 Å². The maximum atomic E-state index is 13.0. The number of pyridine rings is 1. The molecule has 30 heavy (non-hydrogen) atoms. The van der Waals surface area contributed by atoms with Crippen molar-refractivity contribution in [3.8, 4) is 11.6 Å². The summed E-state index contributed by atoms with van der Waals surface area (Å²) >= 11 is 0. The van der Waals surface area contributed by atoms with E-state index in [-0.39, 0.29) is 11.7 Å². The molecule has 0 unspecified atom stereocenters. The molecule has 2 heterocycles. The number of aryl methyl sites for hydroxylation is 2. The molecule has 7 heteroatoms. The number of carbonyl (C=O) groups is 1. The molecule has 4 rings (SSSR count). The standard InChI is InChI=1S/C23H21FN4O2/c1-14-13-20(30-16(3)23(29)25-18-11-9-17(24)10-12-18)26-22-21(14)15(2)27-28(22)19-7-5-4-6-8-19/h4-13,16H,1-3H3,(H,25,29)/t16-/m1/s1. The summed E-state index contributed by atoms with van der Waals surface area (Å²) in [6.45, 7) is 5.54. The molecule has 4 aromatic rings. The van der Waals surface area contributed by atoms with Crippen molar-refractivity contribution in [2.24, 2.45) is 0 Å². The molecule has 0 aliphatic carbocycles. The second-order valence-corrected chi connectivity index (χ2v) is 7.06. The van der Waals surface area contributed by atoms with Gasteiger partial charge in [-0.05, 0) is 62.7 Å². The predicted octanol–water partition coefficient (Wildman–Crippen LogP) is 4.58. The van der Waals surface area contributed by atoms with E-state index >= 15 is 0 Å². The number of rotatable bonds is 5. The number of benzene rings is 2. The van der Waals surface area contributed by atoms with E-state index in [1.807, 2.05) is 44.2 Å². The third-order valence-corrected chi connectivity index (χ3v) is 4.77. The largest absolute Gasteiger partial charge is 0.464 e. The zero-order valence-electron chi connectivity index (χ0n) is 16.9. The van der Waals surface area contributed by atoms with Crippen LogP contribution < -0.4 is 10.1 Å². The van der Waals surface area contributed by atoms with Crippen molar-refractivity contribution in [3.05, 3.63) is 77.7 Å². The molecule has 0 bridgehead atoms. The maximum absolute atomic E-state index is 13.0. The zero-order valence-corrected chi connectivity index (χ0v) is 16.9.